The predicted molar refractivity (Wildman–Crippen MR) is 133 cm³/mol. The van der Waals surface area contributed by atoms with Crippen molar-refractivity contribution >= 4 is 23.6 Å². The zero-order chi connectivity index (χ0) is 25.3. The minimum atomic E-state index is -0.0899. The van der Waals surface area contributed by atoms with Crippen molar-refractivity contribution in [2.45, 2.75) is 33.7 Å². The molecule has 0 radical (unpaired) electrons. The van der Waals surface area contributed by atoms with E-state index in [2.05, 4.69) is 51.6 Å². The number of tetrazole rings is 1. The predicted octanol–water partition coefficient (Wildman–Crippen LogP) is 3.94. The van der Waals surface area contributed by atoms with E-state index in [1.807, 2.05) is 53.1 Å². The van der Waals surface area contributed by atoms with Crippen LogP contribution in [0.15, 0.2) is 48.5 Å². The number of rotatable bonds is 7. The zero-order valence-corrected chi connectivity index (χ0v) is 20.1. The minimum Gasteiger partial charge on any atom is -0.321 e. The number of imidazole rings is 1. The topological polar surface area (TPSA) is 132 Å². The number of H-pyrrole nitrogens is 1. The van der Waals surface area contributed by atoms with E-state index >= 15 is 0 Å². The molecule has 5 rings (SSSR count). The van der Waals surface area contributed by atoms with Gasteiger partial charge in [-0.1, -0.05) is 69.3 Å². The number of fused-ring (bicyclic) bond motifs is 1. The SMILES string of the molecule is CC(C)(C)Cc1nc2c(C=O)nnc(C=O)c2n1Cc1ccccc1-c1ccccc1-c1nn[nH]n1. The maximum absolute atomic E-state index is 11.9. The highest BCUT2D eigenvalue weighted by Gasteiger charge is 2.24. The minimum absolute atomic E-state index is 0.0899. The van der Waals surface area contributed by atoms with Gasteiger partial charge in [0.1, 0.15) is 16.9 Å². The lowest BCUT2D eigenvalue weighted by molar-refractivity contribution is 0.110. The van der Waals surface area contributed by atoms with Gasteiger partial charge < -0.3 is 4.57 Å². The molecule has 2 aromatic carbocycles. The van der Waals surface area contributed by atoms with E-state index in [-0.39, 0.29) is 16.8 Å². The van der Waals surface area contributed by atoms with Crippen molar-refractivity contribution in [3.05, 3.63) is 71.3 Å². The van der Waals surface area contributed by atoms with Crippen molar-refractivity contribution in [2.75, 3.05) is 0 Å². The van der Waals surface area contributed by atoms with Crippen molar-refractivity contribution in [2.24, 2.45) is 5.41 Å². The number of carbonyl (C=O) groups excluding carboxylic acids is 2. The lowest BCUT2D eigenvalue weighted by Crippen LogP contribution is -2.16. The first kappa shape index (κ1) is 23.2. The van der Waals surface area contributed by atoms with Gasteiger partial charge in [0.25, 0.3) is 0 Å². The number of nitrogens with one attached hydrogen (secondary N) is 1. The number of aromatic amines is 1. The quantitative estimate of drug-likeness (QED) is 0.347. The van der Waals surface area contributed by atoms with Crippen LogP contribution in [0.1, 0.15) is 53.1 Å². The molecule has 5 aromatic rings. The molecule has 0 saturated carbocycles. The molecule has 0 unspecified atom stereocenters. The second-order valence-electron chi connectivity index (χ2n) is 9.69. The Kier molecular flexibility index (Phi) is 5.93. The summed E-state index contributed by atoms with van der Waals surface area (Å²) < 4.78 is 1.97. The van der Waals surface area contributed by atoms with Gasteiger partial charge in [0.05, 0.1) is 6.54 Å². The molecule has 0 aliphatic carbocycles. The fraction of sp³-hybridized carbons (Fsp3) is 0.231. The molecule has 0 spiro atoms. The zero-order valence-electron chi connectivity index (χ0n) is 20.1. The van der Waals surface area contributed by atoms with Crippen LogP contribution in [0.2, 0.25) is 0 Å². The Balaban J connectivity index is 1.72. The summed E-state index contributed by atoms with van der Waals surface area (Å²) in [5, 5.41) is 22.5. The molecule has 0 fully saturated rings. The van der Waals surface area contributed by atoms with Gasteiger partial charge in [0.15, 0.2) is 24.0 Å². The summed E-state index contributed by atoms with van der Waals surface area (Å²) >= 11 is 0. The van der Waals surface area contributed by atoms with E-state index in [4.69, 9.17) is 4.98 Å². The van der Waals surface area contributed by atoms with Crippen LogP contribution in [0.25, 0.3) is 33.5 Å². The molecule has 10 heteroatoms. The van der Waals surface area contributed by atoms with Gasteiger partial charge in [-0.05, 0) is 27.3 Å². The second kappa shape index (κ2) is 9.21. The van der Waals surface area contributed by atoms with E-state index in [0.717, 1.165) is 28.1 Å². The van der Waals surface area contributed by atoms with E-state index in [0.29, 0.717) is 42.4 Å². The molecule has 0 saturated heterocycles. The molecule has 0 atom stereocenters. The molecular formula is C26H24N8O2. The summed E-state index contributed by atoms with van der Waals surface area (Å²) in [5.74, 6) is 1.25. The van der Waals surface area contributed by atoms with Gasteiger partial charge in [-0.2, -0.15) is 5.21 Å². The van der Waals surface area contributed by atoms with Crippen LogP contribution in [-0.2, 0) is 13.0 Å². The largest absolute Gasteiger partial charge is 0.321 e. The average Bonchev–Trinajstić information content (AvgIpc) is 3.52. The Morgan fingerprint density at radius 3 is 2.19 bits per heavy atom. The smallest absolute Gasteiger partial charge is 0.205 e. The molecule has 36 heavy (non-hydrogen) atoms. The van der Waals surface area contributed by atoms with Gasteiger partial charge in [-0.3, -0.25) is 9.59 Å². The van der Waals surface area contributed by atoms with Crippen LogP contribution in [0, 0.1) is 5.41 Å². The third-order valence-electron chi connectivity index (χ3n) is 5.86. The maximum atomic E-state index is 11.9. The standard InChI is InChI=1S/C26H24N8O2/c1-26(2,3)12-22-27-23-20(14-35)28-29-21(15-36)24(23)34(22)13-16-8-4-5-9-17(16)18-10-6-7-11-19(18)25-30-32-33-31-25/h4-11,14-15H,12-13H2,1-3H3,(H,30,31,32,33). The van der Waals surface area contributed by atoms with Crippen molar-refractivity contribution in [1.29, 1.82) is 0 Å². The Morgan fingerprint density at radius 1 is 0.861 bits per heavy atom. The van der Waals surface area contributed by atoms with Crippen LogP contribution < -0.4 is 0 Å². The summed E-state index contributed by atoms with van der Waals surface area (Å²) in [4.78, 5) is 28.4. The first-order chi connectivity index (χ1) is 17.4. The van der Waals surface area contributed by atoms with Gasteiger partial charge in [-0.25, -0.2) is 4.98 Å². The fourth-order valence-corrected chi connectivity index (χ4v) is 4.36. The number of hydrogen-bond acceptors (Lipinski definition) is 8. The molecule has 0 aliphatic heterocycles. The third-order valence-corrected chi connectivity index (χ3v) is 5.86. The van der Waals surface area contributed by atoms with E-state index in [9.17, 15) is 9.59 Å². The van der Waals surface area contributed by atoms with Gasteiger partial charge >= 0.3 is 0 Å². The number of aromatic nitrogens is 8. The molecule has 0 amide bonds. The molecule has 0 bridgehead atoms. The van der Waals surface area contributed by atoms with Gasteiger partial charge in [0.2, 0.25) is 5.82 Å². The van der Waals surface area contributed by atoms with Crippen molar-refractivity contribution in [1.82, 2.24) is 40.4 Å². The average molecular weight is 481 g/mol. The summed E-state index contributed by atoms with van der Waals surface area (Å²) in [6, 6.07) is 15.9. The molecule has 10 nitrogen and oxygen atoms in total. The normalized spacial score (nSPS) is 11.6. The number of carbonyl (C=O) groups is 2. The molecule has 180 valence electrons. The summed E-state index contributed by atoms with van der Waals surface area (Å²) in [6.45, 7) is 6.75. The number of hydrogen-bond donors (Lipinski definition) is 1. The lowest BCUT2D eigenvalue weighted by atomic mass is 9.91. The maximum Gasteiger partial charge on any atom is 0.205 e. The Labute approximate surface area is 206 Å². The third kappa shape index (κ3) is 4.28. The lowest BCUT2D eigenvalue weighted by Gasteiger charge is -2.20. The summed E-state index contributed by atoms with van der Waals surface area (Å²) in [7, 11) is 0. The van der Waals surface area contributed by atoms with E-state index in [1.54, 1.807) is 0 Å². The van der Waals surface area contributed by atoms with Gasteiger partial charge in [-0.15, -0.1) is 20.4 Å². The molecule has 3 aromatic heterocycles. The monoisotopic (exact) mass is 480 g/mol. The highest BCUT2D eigenvalue weighted by atomic mass is 16.1. The number of aldehydes is 2. The number of benzene rings is 2. The Hall–Kier alpha value is -4.60. The van der Waals surface area contributed by atoms with Crippen LogP contribution in [0.4, 0.5) is 0 Å². The van der Waals surface area contributed by atoms with Crippen molar-refractivity contribution in [3.8, 4) is 22.5 Å². The first-order valence-electron chi connectivity index (χ1n) is 11.5. The van der Waals surface area contributed by atoms with Crippen LogP contribution >= 0.6 is 0 Å². The number of nitrogens with zero attached hydrogens (tertiary/aromatic N) is 7. The summed E-state index contributed by atoms with van der Waals surface area (Å²) in [5.41, 5.74) is 4.80. The summed E-state index contributed by atoms with van der Waals surface area (Å²) in [6.07, 6.45) is 1.90. The molecule has 1 N–H and O–H groups in total. The van der Waals surface area contributed by atoms with Gasteiger partial charge in [0, 0.05) is 12.0 Å². The second-order valence-corrected chi connectivity index (χ2v) is 9.69. The fourth-order valence-electron chi connectivity index (χ4n) is 4.36. The van der Waals surface area contributed by atoms with Crippen LogP contribution in [-0.4, -0.2) is 52.9 Å². The van der Waals surface area contributed by atoms with E-state index in [1.165, 1.54) is 0 Å². The highest BCUT2D eigenvalue weighted by Crippen LogP contribution is 2.34. The van der Waals surface area contributed by atoms with Crippen molar-refractivity contribution < 1.29 is 9.59 Å². The highest BCUT2D eigenvalue weighted by molar-refractivity contribution is 5.99. The van der Waals surface area contributed by atoms with Crippen molar-refractivity contribution in [3.63, 3.8) is 0 Å². The first-order valence-corrected chi connectivity index (χ1v) is 11.5. The Bertz CT molecular complexity index is 1570. The molecule has 0 aliphatic rings. The molecular weight excluding hydrogens is 456 g/mol. The Morgan fingerprint density at radius 2 is 1.53 bits per heavy atom. The van der Waals surface area contributed by atoms with E-state index < -0.39 is 0 Å². The van der Waals surface area contributed by atoms with Crippen LogP contribution in [0.3, 0.4) is 0 Å². The molecule has 3 heterocycles. The van der Waals surface area contributed by atoms with Crippen LogP contribution in [0.5, 0.6) is 0 Å².